The molecule has 0 atom stereocenters. The summed E-state index contributed by atoms with van der Waals surface area (Å²) in [6.07, 6.45) is 2.88. The van der Waals surface area contributed by atoms with Crippen LogP contribution in [-0.2, 0) is 6.54 Å². The Morgan fingerprint density at radius 2 is 2.21 bits per heavy atom. The minimum absolute atomic E-state index is 0.0895. The molecule has 0 unspecified atom stereocenters. The van der Waals surface area contributed by atoms with Gasteiger partial charge in [-0.1, -0.05) is 17.7 Å². The molecule has 0 aliphatic heterocycles. The van der Waals surface area contributed by atoms with Gasteiger partial charge >= 0.3 is 0 Å². The molecule has 0 aromatic carbocycles. The standard InChI is InChI=1S/C12H11ClN4O2/c1-8-10(17(18)19)7-16-12(11(8)13)15-6-9-4-2-3-5-14-9/h2-5,7H,6H2,1H3,(H,15,16). The van der Waals surface area contributed by atoms with E-state index in [-0.39, 0.29) is 10.7 Å². The van der Waals surface area contributed by atoms with Gasteiger partial charge in [0, 0.05) is 6.20 Å². The number of nitrogens with one attached hydrogen (secondary N) is 1. The number of nitro groups is 1. The zero-order valence-electron chi connectivity index (χ0n) is 10.1. The largest absolute Gasteiger partial charge is 0.363 e. The van der Waals surface area contributed by atoms with Gasteiger partial charge in [0.25, 0.3) is 5.69 Å². The quantitative estimate of drug-likeness (QED) is 0.687. The third-order valence-electron chi connectivity index (χ3n) is 2.60. The van der Waals surface area contributed by atoms with Crippen LogP contribution in [0.4, 0.5) is 11.5 Å². The van der Waals surface area contributed by atoms with E-state index < -0.39 is 4.92 Å². The lowest BCUT2D eigenvalue weighted by molar-refractivity contribution is -0.385. The van der Waals surface area contributed by atoms with Crippen molar-refractivity contribution in [1.82, 2.24) is 9.97 Å². The van der Waals surface area contributed by atoms with Gasteiger partial charge in [-0.15, -0.1) is 0 Å². The number of aromatic nitrogens is 2. The molecular weight excluding hydrogens is 268 g/mol. The maximum Gasteiger partial charge on any atom is 0.292 e. The van der Waals surface area contributed by atoms with Gasteiger partial charge in [0.2, 0.25) is 0 Å². The van der Waals surface area contributed by atoms with E-state index in [0.29, 0.717) is 17.9 Å². The van der Waals surface area contributed by atoms with Crippen molar-refractivity contribution in [2.75, 3.05) is 5.32 Å². The highest BCUT2D eigenvalue weighted by Gasteiger charge is 2.17. The van der Waals surface area contributed by atoms with Crippen LogP contribution in [0.2, 0.25) is 5.02 Å². The van der Waals surface area contributed by atoms with Gasteiger partial charge in [-0.05, 0) is 19.1 Å². The van der Waals surface area contributed by atoms with Crippen molar-refractivity contribution in [3.05, 3.63) is 57.0 Å². The lowest BCUT2D eigenvalue weighted by atomic mass is 10.2. The zero-order chi connectivity index (χ0) is 13.8. The van der Waals surface area contributed by atoms with Gasteiger partial charge in [0.05, 0.1) is 27.7 Å². The van der Waals surface area contributed by atoms with Gasteiger partial charge in [0.15, 0.2) is 0 Å². The lowest BCUT2D eigenvalue weighted by Gasteiger charge is -2.08. The van der Waals surface area contributed by atoms with Gasteiger partial charge in [-0.3, -0.25) is 15.1 Å². The maximum absolute atomic E-state index is 10.7. The highest BCUT2D eigenvalue weighted by atomic mass is 35.5. The van der Waals surface area contributed by atoms with Crippen molar-refractivity contribution in [2.24, 2.45) is 0 Å². The molecule has 0 bridgehead atoms. The topological polar surface area (TPSA) is 81.0 Å². The van der Waals surface area contributed by atoms with E-state index in [4.69, 9.17) is 11.6 Å². The molecule has 0 aliphatic rings. The number of nitrogens with zero attached hydrogens (tertiary/aromatic N) is 3. The second kappa shape index (κ2) is 5.62. The van der Waals surface area contributed by atoms with Gasteiger partial charge in [-0.25, -0.2) is 4.98 Å². The second-order valence-corrected chi connectivity index (χ2v) is 4.24. The number of hydrogen-bond acceptors (Lipinski definition) is 5. The lowest BCUT2D eigenvalue weighted by Crippen LogP contribution is -2.05. The Hall–Kier alpha value is -2.21. The van der Waals surface area contributed by atoms with Crippen LogP contribution in [0.25, 0.3) is 0 Å². The van der Waals surface area contributed by atoms with Crippen LogP contribution in [0.3, 0.4) is 0 Å². The minimum Gasteiger partial charge on any atom is -0.363 e. The van der Waals surface area contributed by atoms with Crippen molar-refractivity contribution >= 4 is 23.1 Å². The highest BCUT2D eigenvalue weighted by molar-refractivity contribution is 6.33. The summed E-state index contributed by atoms with van der Waals surface area (Å²) in [5.41, 5.74) is 1.13. The van der Waals surface area contributed by atoms with E-state index in [1.165, 1.54) is 6.20 Å². The van der Waals surface area contributed by atoms with Gasteiger partial charge in [-0.2, -0.15) is 0 Å². The first-order valence-electron chi connectivity index (χ1n) is 5.53. The minimum atomic E-state index is -0.503. The smallest absolute Gasteiger partial charge is 0.292 e. The first-order chi connectivity index (χ1) is 9.09. The molecule has 0 saturated heterocycles. The molecular formula is C12H11ClN4O2. The van der Waals surface area contributed by atoms with E-state index >= 15 is 0 Å². The monoisotopic (exact) mass is 278 g/mol. The predicted molar refractivity (Wildman–Crippen MR) is 72.2 cm³/mol. The van der Waals surface area contributed by atoms with Gasteiger partial charge in [0.1, 0.15) is 12.0 Å². The Labute approximate surface area is 114 Å². The summed E-state index contributed by atoms with van der Waals surface area (Å²) in [5.74, 6) is 0.412. The highest BCUT2D eigenvalue weighted by Crippen LogP contribution is 2.30. The number of hydrogen-bond donors (Lipinski definition) is 1. The van der Waals surface area contributed by atoms with Crippen molar-refractivity contribution in [3.63, 3.8) is 0 Å². The molecule has 0 saturated carbocycles. The van der Waals surface area contributed by atoms with E-state index in [2.05, 4.69) is 15.3 Å². The first-order valence-corrected chi connectivity index (χ1v) is 5.90. The van der Waals surface area contributed by atoms with Crippen LogP contribution in [-0.4, -0.2) is 14.9 Å². The summed E-state index contributed by atoms with van der Waals surface area (Å²) in [4.78, 5) is 18.4. The van der Waals surface area contributed by atoms with Crippen LogP contribution in [0.15, 0.2) is 30.6 Å². The molecule has 6 nitrogen and oxygen atoms in total. The molecule has 0 aliphatic carbocycles. The Bertz CT molecular complexity index is 604. The van der Waals surface area contributed by atoms with Gasteiger partial charge < -0.3 is 5.32 Å². The Morgan fingerprint density at radius 3 is 2.84 bits per heavy atom. The molecule has 7 heteroatoms. The van der Waals surface area contributed by atoms with E-state index in [0.717, 1.165) is 5.69 Å². The second-order valence-electron chi connectivity index (χ2n) is 3.86. The Morgan fingerprint density at radius 1 is 1.42 bits per heavy atom. The summed E-state index contributed by atoms with van der Waals surface area (Å²) in [5, 5.41) is 14.0. The van der Waals surface area contributed by atoms with Crippen molar-refractivity contribution in [1.29, 1.82) is 0 Å². The van der Waals surface area contributed by atoms with Crippen molar-refractivity contribution < 1.29 is 4.92 Å². The maximum atomic E-state index is 10.7. The van der Waals surface area contributed by atoms with Crippen LogP contribution >= 0.6 is 11.6 Å². The van der Waals surface area contributed by atoms with E-state index in [1.54, 1.807) is 13.1 Å². The zero-order valence-corrected chi connectivity index (χ0v) is 10.9. The SMILES string of the molecule is Cc1c([N+](=O)[O-])cnc(NCc2ccccn2)c1Cl. The van der Waals surface area contributed by atoms with Crippen LogP contribution in [0.5, 0.6) is 0 Å². The van der Waals surface area contributed by atoms with Crippen LogP contribution in [0, 0.1) is 17.0 Å². The number of pyridine rings is 2. The summed E-state index contributed by atoms with van der Waals surface area (Å²) in [7, 11) is 0. The first kappa shape index (κ1) is 13.2. The Balaban J connectivity index is 2.18. The molecule has 2 aromatic rings. The van der Waals surface area contributed by atoms with E-state index in [1.807, 2.05) is 18.2 Å². The molecule has 2 rings (SSSR count). The predicted octanol–water partition coefficient (Wildman–Crippen LogP) is 2.96. The normalized spacial score (nSPS) is 10.2. The summed E-state index contributed by atoms with van der Waals surface area (Å²) in [6.45, 7) is 2.04. The van der Waals surface area contributed by atoms with Crippen LogP contribution in [0.1, 0.15) is 11.3 Å². The fraction of sp³-hybridized carbons (Fsp3) is 0.167. The van der Waals surface area contributed by atoms with Crippen molar-refractivity contribution in [2.45, 2.75) is 13.5 Å². The number of halogens is 1. The third kappa shape index (κ3) is 2.97. The van der Waals surface area contributed by atoms with E-state index in [9.17, 15) is 10.1 Å². The molecule has 0 radical (unpaired) electrons. The average Bonchev–Trinajstić information content (AvgIpc) is 2.41. The fourth-order valence-corrected chi connectivity index (χ4v) is 1.77. The summed E-state index contributed by atoms with van der Waals surface area (Å²) in [6, 6.07) is 5.56. The molecule has 2 heterocycles. The van der Waals surface area contributed by atoms with Crippen LogP contribution < -0.4 is 5.32 Å². The van der Waals surface area contributed by atoms with Crippen molar-refractivity contribution in [3.8, 4) is 0 Å². The fourth-order valence-electron chi connectivity index (χ4n) is 1.55. The Kier molecular flexibility index (Phi) is 3.91. The summed E-state index contributed by atoms with van der Waals surface area (Å²) < 4.78 is 0. The number of rotatable bonds is 4. The average molecular weight is 279 g/mol. The molecule has 0 fully saturated rings. The molecule has 0 spiro atoms. The summed E-state index contributed by atoms with van der Waals surface area (Å²) >= 11 is 6.06. The molecule has 0 amide bonds. The third-order valence-corrected chi connectivity index (χ3v) is 3.06. The number of anilines is 1. The molecule has 19 heavy (non-hydrogen) atoms. The molecule has 1 N–H and O–H groups in total. The molecule has 98 valence electrons. The molecule has 2 aromatic heterocycles.